The second-order valence-electron chi connectivity index (χ2n) is 2.81. The normalized spacial score (nSPS) is 10.4. The molecule has 2 nitrogen and oxygen atoms in total. The lowest BCUT2D eigenvalue weighted by Gasteiger charge is -2.01. The fourth-order valence-corrected chi connectivity index (χ4v) is 0.768. The van der Waals surface area contributed by atoms with E-state index in [1.54, 1.807) is 6.20 Å². The topological polar surface area (TPSA) is 25.8 Å². The second-order valence-corrected chi connectivity index (χ2v) is 2.81. The van der Waals surface area contributed by atoms with E-state index in [1.807, 2.05) is 6.92 Å². The van der Waals surface area contributed by atoms with E-state index in [0.29, 0.717) is 5.92 Å². The van der Waals surface area contributed by atoms with Crippen LogP contribution in [0, 0.1) is 6.92 Å². The molecule has 2 heteroatoms. The molecule has 1 heterocycles. The van der Waals surface area contributed by atoms with Crippen LogP contribution in [0.2, 0.25) is 0 Å². The summed E-state index contributed by atoms with van der Waals surface area (Å²) in [4.78, 5) is 0. The average Bonchev–Trinajstić information content (AvgIpc) is 1.88. The van der Waals surface area contributed by atoms with Gasteiger partial charge < -0.3 is 0 Å². The highest BCUT2D eigenvalue weighted by Gasteiger charge is 1.99. The third-order valence-corrected chi connectivity index (χ3v) is 1.40. The molecule has 0 aliphatic carbocycles. The summed E-state index contributed by atoms with van der Waals surface area (Å²) in [6.07, 6.45) is 1.77. The van der Waals surface area contributed by atoms with Crippen molar-refractivity contribution in [2.45, 2.75) is 26.7 Å². The van der Waals surface area contributed by atoms with E-state index in [4.69, 9.17) is 0 Å². The van der Waals surface area contributed by atoms with Crippen LogP contribution < -0.4 is 0 Å². The Morgan fingerprint density at radius 1 is 1.40 bits per heavy atom. The molecule has 0 spiro atoms. The van der Waals surface area contributed by atoms with E-state index in [1.165, 1.54) is 5.56 Å². The van der Waals surface area contributed by atoms with Crippen molar-refractivity contribution in [1.29, 1.82) is 0 Å². The van der Waals surface area contributed by atoms with Gasteiger partial charge in [0.25, 0.3) is 0 Å². The molecule has 0 aliphatic heterocycles. The van der Waals surface area contributed by atoms with Crippen molar-refractivity contribution in [1.82, 2.24) is 10.2 Å². The highest BCUT2D eigenvalue weighted by atomic mass is 15.1. The van der Waals surface area contributed by atoms with Gasteiger partial charge in [-0.2, -0.15) is 10.2 Å². The molecular weight excluding hydrogens is 124 g/mol. The minimum atomic E-state index is 0.479. The molecule has 54 valence electrons. The summed E-state index contributed by atoms with van der Waals surface area (Å²) in [5, 5.41) is 7.84. The van der Waals surface area contributed by atoms with E-state index in [2.05, 4.69) is 30.1 Å². The van der Waals surface area contributed by atoms with Gasteiger partial charge in [0.2, 0.25) is 0 Å². The maximum absolute atomic E-state index is 3.99. The summed E-state index contributed by atoms with van der Waals surface area (Å²) in [5.74, 6) is 0.479. The lowest BCUT2D eigenvalue weighted by molar-refractivity contribution is 0.781. The number of aromatic nitrogens is 2. The minimum absolute atomic E-state index is 0.479. The average molecular weight is 136 g/mol. The Kier molecular flexibility index (Phi) is 2.00. The van der Waals surface area contributed by atoms with Crippen molar-refractivity contribution in [2.24, 2.45) is 0 Å². The number of hydrogen-bond acceptors (Lipinski definition) is 2. The first-order chi connectivity index (χ1) is 4.70. The van der Waals surface area contributed by atoms with Crippen LogP contribution in [-0.4, -0.2) is 10.2 Å². The van der Waals surface area contributed by atoms with Gasteiger partial charge in [0.1, 0.15) is 0 Å². The Hall–Kier alpha value is -0.920. The van der Waals surface area contributed by atoms with Gasteiger partial charge in [-0.15, -0.1) is 0 Å². The molecule has 0 bridgehead atoms. The Labute approximate surface area is 61.3 Å². The predicted octanol–water partition coefficient (Wildman–Crippen LogP) is 1.91. The summed E-state index contributed by atoms with van der Waals surface area (Å²) in [7, 11) is 0. The van der Waals surface area contributed by atoms with Gasteiger partial charge in [-0.05, 0) is 24.5 Å². The van der Waals surface area contributed by atoms with Crippen molar-refractivity contribution < 1.29 is 0 Å². The predicted molar refractivity (Wildman–Crippen MR) is 40.9 cm³/mol. The van der Waals surface area contributed by atoms with Crippen molar-refractivity contribution in [3.8, 4) is 0 Å². The summed E-state index contributed by atoms with van der Waals surface area (Å²) < 4.78 is 0. The van der Waals surface area contributed by atoms with Gasteiger partial charge in [0, 0.05) is 0 Å². The quantitative estimate of drug-likeness (QED) is 0.589. The molecule has 1 aromatic heterocycles. The standard InChI is InChI=1S/C8H12N2/c1-6(2)8-4-7(3)5-9-10-8/h4-6H,1-3H3. The Morgan fingerprint density at radius 3 is 2.50 bits per heavy atom. The molecular formula is C8H12N2. The molecule has 0 saturated carbocycles. The van der Waals surface area contributed by atoms with E-state index in [9.17, 15) is 0 Å². The van der Waals surface area contributed by atoms with Gasteiger partial charge in [-0.25, -0.2) is 0 Å². The Bertz CT molecular complexity index is 218. The molecule has 0 N–H and O–H groups in total. The molecule has 10 heavy (non-hydrogen) atoms. The van der Waals surface area contributed by atoms with Crippen LogP contribution in [-0.2, 0) is 0 Å². The molecule has 1 aromatic rings. The van der Waals surface area contributed by atoms with Crippen LogP contribution in [0.25, 0.3) is 0 Å². The minimum Gasteiger partial charge on any atom is -0.159 e. The molecule has 0 saturated heterocycles. The van der Waals surface area contributed by atoms with E-state index < -0.39 is 0 Å². The summed E-state index contributed by atoms with van der Waals surface area (Å²) in [6, 6.07) is 2.07. The Morgan fingerprint density at radius 2 is 2.10 bits per heavy atom. The highest BCUT2D eigenvalue weighted by molar-refractivity contribution is 5.12. The zero-order valence-corrected chi connectivity index (χ0v) is 6.63. The molecule has 0 unspecified atom stereocenters. The SMILES string of the molecule is Cc1cnnc(C(C)C)c1. The number of rotatable bonds is 1. The Balaban J connectivity index is 2.96. The number of nitrogens with zero attached hydrogens (tertiary/aromatic N) is 2. The smallest absolute Gasteiger partial charge is 0.0659 e. The van der Waals surface area contributed by atoms with E-state index >= 15 is 0 Å². The largest absolute Gasteiger partial charge is 0.159 e. The van der Waals surface area contributed by atoms with Gasteiger partial charge in [-0.1, -0.05) is 13.8 Å². The van der Waals surface area contributed by atoms with Crippen LogP contribution in [0.5, 0.6) is 0 Å². The van der Waals surface area contributed by atoms with Crippen molar-refractivity contribution in [3.63, 3.8) is 0 Å². The fraction of sp³-hybridized carbons (Fsp3) is 0.500. The fourth-order valence-electron chi connectivity index (χ4n) is 0.768. The van der Waals surface area contributed by atoms with Crippen molar-refractivity contribution >= 4 is 0 Å². The monoisotopic (exact) mass is 136 g/mol. The molecule has 0 aliphatic rings. The third-order valence-electron chi connectivity index (χ3n) is 1.40. The summed E-state index contributed by atoms with van der Waals surface area (Å²) in [6.45, 7) is 6.26. The zero-order valence-electron chi connectivity index (χ0n) is 6.63. The lowest BCUT2D eigenvalue weighted by Crippen LogP contribution is -1.94. The van der Waals surface area contributed by atoms with Crippen LogP contribution >= 0.6 is 0 Å². The maximum atomic E-state index is 3.99. The summed E-state index contributed by atoms with van der Waals surface area (Å²) >= 11 is 0. The lowest BCUT2D eigenvalue weighted by atomic mass is 10.1. The van der Waals surface area contributed by atoms with Gasteiger partial charge in [0.05, 0.1) is 11.9 Å². The van der Waals surface area contributed by atoms with Gasteiger partial charge in [-0.3, -0.25) is 0 Å². The van der Waals surface area contributed by atoms with Crippen molar-refractivity contribution in [2.75, 3.05) is 0 Å². The zero-order chi connectivity index (χ0) is 7.56. The first-order valence-corrected chi connectivity index (χ1v) is 3.49. The molecule has 1 rings (SSSR count). The maximum Gasteiger partial charge on any atom is 0.0659 e. The molecule has 0 amide bonds. The molecule has 0 fully saturated rings. The van der Waals surface area contributed by atoms with E-state index in [0.717, 1.165) is 5.69 Å². The van der Waals surface area contributed by atoms with Crippen LogP contribution in [0.1, 0.15) is 31.0 Å². The number of aryl methyl sites for hydroxylation is 1. The highest BCUT2D eigenvalue weighted by Crippen LogP contribution is 2.09. The van der Waals surface area contributed by atoms with Gasteiger partial charge in [0.15, 0.2) is 0 Å². The third kappa shape index (κ3) is 1.53. The van der Waals surface area contributed by atoms with Crippen LogP contribution in [0.3, 0.4) is 0 Å². The second kappa shape index (κ2) is 2.78. The van der Waals surface area contributed by atoms with Crippen molar-refractivity contribution in [3.05, 3.63) is 23.5 Å². The first kappa shape index (κ1) is 7.19. The summed E-state index contributed by atoms with van der Waals surface area (Å²) in [5.41, 5.74) is 2.25. The van der Waals surface area contributed by atoms with Gasteiger partial charge >= 0.3 is 0 Å². The van der Waals surface area contributed by atoms with Crippen LogP contribution in [0.4, 0.5) is 0 Å². The first-order valence-electron chi connectivity index (χ1n) is 3.49. The number of hydrogen-bond donors (Lipinski definition) is 0. The van der Waals surface area contributed by atoms with Crippen LogP contribution in [0.15, 0.2) is 12.3 Å². The molecule has 0 radical (unpaired) electrons. The van der Waals surface area contributed by atoms with E-state index in [-0.39, 0.29) is 0 Å². The molecule has 0 atom stereocenters. The molecule has 0 aromatic carbocycles.